The Morgan fingerprint density at radius 3 is 2.68 bits per heavy atom. The first-order valence-electron chi connectivity index (χ1n) is 6.77. The molecule has 1 aromatic heterocycles. The third-order valence-corrected chi connectivity index (χ3v) is 3.50. The summed E-state index contributed by atoms with van der Waals surface area (Å²) >= 11 is 1.33. The average Bonchev–Trinajstić information content (AvgIpc) is 2.95. The molecule has 2 aromatic rings. The lowest BCUT2D eigenvalue weighted by Gasteiger charge is -1.98. The maximum absolute atomic E-state index is 11.7. The van der Waals surface area contributed by atoms with Crippen LogP contribution < -0.4 is 5.32 Å². The highest BCUT2D eigenvalue weighted by Gasteiger charge is 2.06. The number of hydrogen-bond donors (Lipinski definition) is 1. The van der Waals surface area contributed by atoms with E-state index < -0.39 is 11.9 Å². The van der Waals surface area contributed by atoms with E-state index >= 15 is 0 Å². The van der Waals surface area contributed by atoms with Gasteiger partial charge in [-0.3, -0.25) is 10.1 Å². The van der Waals surface area contributed by atoms with Gasteiger partial charge in [0.1, 0.15) is 0 Å². The monoisotopic (exact) mass is 316 g/mol. The number of nitrogens with one attached hydrogen (secondary N) is 1. The number of carbonyl (C=O) groups excluding carboxylic acids is 2. The van der Waals surface area contributed by atoms with E-state index in [1.807, 2.05) is 36.6 Å². The van der Waals surface area contributed by atoms with Gasteiger partial charge in [0.05, 0.1) is 12.3 Å². The Hall–Kier alpha value is -2.47. The summed E-state index contributed by atoms with van der Waals surface area (Å²) in [5.74, 6) is -0.963. The molecule has 114 valence electrons. The van der Waals surface area contributed by atoms with Gasteiger partial charge in [0.2, 0.25) is 5.91 Å². The van der Waals surface area contributed by atoms with E-state index in [0.29, 0.717) is 5.13 Å². The number of thiazole rings is 1. The number of carbonyl (C=O) groups is 2. The lowest BCUT2D eigenvalue weighted by Crippen LogP contribution is -2.09. The third-order valence-electron chi connectivity index (χ3n) is 2.74. The van der Waals surface area contributed by atoms with Crippen LogP contribution in [-0.2, 0) is 14.3 Å². The summed E-state index contributed by atoms with van der Waals surface area (Å²) < 4.78 is 4.70. The molecule has 0 fully saturated rings. The molecule has 0 bridgehead atoms. The van der Waals surface area contributed by atoms with Crippen LogP contribution in [0.1, 0.15) is 12.5 Å². The molecule has 0 aliphatic rings. The minimum atomic E-state index is -0.544. The molecule has 0 saturated carbocycles. The van der Waals surface area contributed by atoms with Crippen molar-refractivity contribution in [3.63, 3.8) is 0 Å². The number of nitrogens with zero attached hydrogens (tertiary/aromatic N) is 1. The highest BCUT2D eigenvalue weighted by atomic mass is 32.1. The van der Waals surface area contributed by atoms with Crippen LogP contribution in [0.15, 0.2) is 41.8 Å². The first kappa shape index (κ1) is 15.9. The Bertz CT molecular complexity index is 690. The Morgan fingerprint density at radius 1 is 1.27 bits per heavy atom. The van der Waals surface area contributed by atoms with Gasteiger partial charge in [0, 0.05) is 23.1 Å². The van der Waals surface area contributed by atoms with Gasteiger partial charge in [-0.2, -0.15) is 0 Å². The molecule has 0 unspecified atom stereocenters. The summed E-state index contributed by atoms with van der Waals surface area (Å²) in [5.41, 5.74) is 2.97. The molecule has 22 heavy (non-hydrogen) atoms. The zero-order chi connectivity index (χ0) is 15.9. The second-order valence-electron chi connectivity index (χ2n) is 4.48. The summed E-state index contributed by atoms with van der Waals surface area (Å²) in [6.07, 6.45) is 2.22. The molecule has 0 spiro atoms. The molecule has 0 aliphatic carbocycles. The lowest BCUT2D eigenvalue weighted by atomic mass is 10.1. The van der Waals surface area contributed by atoms with Crippen LogP contribution in [0.4, 0.5) is 5.13 Å². The van der Waals surface area contributed by atoms with E-state index in [-0.39, 0.29) is 6.61 Å². The maximum atomic E-state index is 11.7. The predicted octanol–water partition coefficient (Wildman–Crippen LogP) is 3.18. The Balaban J connectivity index is 1.98. The summed E-state index contributed by atoms with van der Waals surface area (Å²) in [4.78, 5) is 27.1. The summed E-state index contributed by atoms with van der Waals surface area (Å²) in [6.45, 7) is 4.00. The molecular weight excluding hydrogens is 300 g/mol. The van der Waals surface area contributed by atoms with Crippen molar-refractivity contribution >= 4 is 28.3 Å². The van der Waals surface area contributed by atoms with Gasteiger partial charge >= 0.3 is 5.97 Å². The average molecular weight is 316 g/mol. The molecule has 0 atom stereocenters. The standard InChI is InChI=1S/C16H16N2O3S/c1-3-21-15(20)9-8-14(19)18-16-17-13(10-22-16)12-6-4-11(2)5-7-12/h4-10H,3H2,1-2H3,(H,17,18,19)/b9-8+. The van der Waals surface area contributed by atoms with Crippen LogP contribution >= 0.6 is 11.3 Å². The minimum absolute atomic E-state index is 0.275. The second-order valence-corrected chi connectivity index (χ2v) is 5.34. The van der Waals surface area contributed by atoms with Crippen molar-refractivity contribution in [1.82, 2.24) is 4.98 Å². The van der Waals surface area contributed by atoms with E-state index in [1.165, 1.54) is 16.9 Å². The van der Waals surface area contributed by atoms with Crippen molar-refractivity contribution in [3.05, 3.63) is 47.4 Å². The van der Waals surface area contributed by atoms with Crippen LogP contribution in [0.3, 0.4) is 0 Å². The number of anilines is 1. The highest BCUT2D eigenvalue weighted by Crippen LogP contribution is 2.25. The predicted molar refractivity (Wildman–Crippen MR) is 86.7 cm³/mol. The third kappa shape index (κ3) is 4.53. The van der Waals surface area contributed by atoms with Crippen molar-refractivity contribution in [2.45, 2.75) is 13.8 Å². The van der Waals surface area contributed by atoms with Crippen LogP contribution in [0.2, 0.25) is 0 Å². The van der Waals surface area contributed by atoms with E-state index in [0.717, 1.165) is 23.4 Å². The fourth-order valence-corrected chi connectivity index (χ4v) is 2.39. The number of rotatable bonds is 5. The molecular formula is C16H16N2O3S. The molecule has 0 aliphatic heterocycles. The van der Waals surface area contributed by atoms with Crippen molar-refractivity contribution in [1.29, 1.82) is 0 Å². The van der Waals surface area contributed by atoms with Crippen molar-refractivity contribution in [3.8, 4) is 11.3 Å². The van der Waals surface area contributed by atoms with Gasteiger partial charge in [-0.1, -0.05) is 29.8 Å². The largest absolute Gasteiger partial charge is 0.463 e. The normalized spacial score (nSPS) is 10.6. The molecule has 2 rings (SSSR count). The number of amides is 1. The topological polar surface area (TPSA) is 68.3 Å². The molecule has 1 N–H and O–H groups in total. The number of benzene rings is 1. The Labute approximate surface area is 132 Å². The smallest absolute Gasteiger partial charge is 0.330 e. The zero-order valence-corrected chi connectivity index (χ0v) is 13.1. The summed E-state index contributed by atoms with van der Waals surface area (Å²) in [5, 5.41) is 4.97. The van der Waals surface area contributed by atoms with Crippen LogP contribution in [0.5, 0.6) is 0 Å². The number of aromatic nitrogens is 1. The van der Waals surface area contributed by atoms with Crippen LogP contribution in [0, 0.1) is 6.92 Å². The SMILES string of the molecule is CCOC(=O)/C=C/C(=O)Nc1nc(-c2ccc(C)cc2)cs1. The second kappa shape index (κ2) is 7.51. The number of aryl methyl sites for hydroxylation is 1. The highest BCUT2D eigenvalue weighted by molar-refractivity contribution is 7.14. The van der Waals surface area contributed by atoms with E-state index in [2.05, 4.69) is 10.3 Å². The number of hydrogen-bond acceptors (Lipinski definition) is 5. The van der Waals surface area contributed by atoms with Gasteiger partial charge in [0.25, 0.3) is 0 Å². The fraction of sp³-hybridized carbons (Fsp3) is 0.188. The molecule has 6 heteroatoms. The van der Waals surface area contributed by atoms with E-state index in [4.69, 9.17) is 4.74 Å². The number of ether oxygens (including phenoxy) is 1. The molecule has 1 amide bonds. The van der Waals surface area contributed by atoms with Crippen molar-refractivity contribution in [2.75, 3.05) is 11.9 Å². The van der Waals surface area contributed by atoms with Gasteiger partial charge in [-0.15, -0.1) is 11.3 Å². The molecule has 0 saturated heterocycles. The molecule has 1 aromatic carbocycles. The van der Waals surface area contributed by atoms with Crippen LogP contribution in [-0.4, -0.2) is 23.5 Å². The van der Waals surface area contributed by atoms with Gasteiger partial charge < -0.3 is 4.74 Å². The van der Waals surface area contributed by atoms with Gasteiger partial charge in [-0.25, -0.2) is 9.78 Å². The first-order valence-corrected chi connectivity index (χ1v) is 7.65. The van der Waals surface area contributed by atoms with Crippen LogP contribution in [0.25, 0.3) is 11.3 Å². The molecule has 0 radical (unpaired) electrons. The molecule has 5 nitrogen and oxygen atoms in total. The van der Waals surface area contributed by atoms with Gasteiger partial charge in [-0.05, 0) is 13.8 Å². The minimum Gasteiger partial charge on any atom is -0.463 e. The first-order chi connectivity index (χ1) is 10.6. The van der Waals surface area contributed by atoms with E-state index in [1.54, 1.807) is 6.92 Å². The quantitative estimate of drug-likeness (QED) is 0.679. The van der Waals surface area contributed by atoms with Crippen molar-refractivity contribution < 1.29 is 14.3 Å². The lowest BCUT2D eigenvalue weighted by molar-refractivity contribution is -0.137. The molecule has 1 heterocycles. The fourth-order valence-electron chi connectivity index (χ4n) is 1.67. The maximum Gasteiger partial charge on any atom is 0.330 e. The summed E-state index contributed by atoms with van der Waals surface area (Å²) in [7, 11) is 0. The van der Waals surface area contributed by atoms with E-state index in [9.17, 15) is 9.59 Å². The Morgan fingerprint density at radius 2 is 2.00 bits per heavy atom. The van der Waals surface area contributed by atoms with Crippen molar-refractivity contribution in [2.24, 2.45) is 0 Å². The Kier molecular flexibility index (Phi) is 5.43. The summed E-state index contributed by atoms with van der Waals surface area (Å²) in [6, 6.07) is 7.98. The number of esters is 1. The zero-order valence-electron chi connectivity index (χ0n) is 12.3. The van der Waals surface area contributed by atoms with Gasteiger partial charge in [0.15, 0.2) is 5.13 Å².